The summed E-state index contributed by atoms with van der Waals surface area (Å²) < 4.78 is 5.00. The molecule has 3 atom stereocenters. The molecule has 1 fully saturated rings. The smallest absolute Gasteiger partial charge is 0.308 e. The van der Waals surface area contributed by atoms with E-state index in [1.165, 1.54) is 5.56 Å². The van der Waals surface area contributed by atoms with Crippen LogP contribution in [0.2, 0.25) is 0 Å². The van der Waals surface area contributed by atoms with Crippen molar-refractivity contribution in [3.8, 4) is 0 Å². The Morgan fingerprint density at radius 2 is 2.10 bits per heavy atom. The van der Waals surface area contributed by atoms with Gasteiger partial charge in [0.25, 0.3) is 0 Å². The van der Waals surface area contributed by atoms with Gasteiger partial charge in [0.2, 0.25) is 0 Å². The highest BCUT2D eigenvalue weighted by Gasteiger charge is 2.32. The highest BCUT2D eigenvalue weighted by atomic mass is 16.6. The Kier molecular flexibility index (Phi) is 5.96. The number of ether oxygens (including phenoxy) is 1. The largest absolute Gasteiger partial charge is 0.460 e. The van der Waals surface area contributed by atoms with Crippen LogP contribution >= 0.6 is 0 Å². The molecule has 1 aromatic rings. The Morgan fingerprint density at radius 3 is 2.76 bits per heavy atom. The van der Waals surface area contributed by atoms with Gasteiger partial charge in [-0.25, -0.2) is 0 Å². The second-order valence-corrected chi connectivity index (χ2v) is 5.40. The fraction of sp³-hybridized carbons (Fsp3) is 0.471. The number of aliphatic hydroxyl groups excluding tert-OH is 2. The van der Waals surface area contributed by atoms with Crippen molar-refractivity contribution in [2.24, 2.45) is 0 Å². The van der Waals surface area contributed by atoms with Crippen LogP contribution in [-0.2, 0) is 16.0 Å². The van der Waals surface area contributed by atoms with Crippen molar-refractivity contribution >= 4 is 5.97 Å². The third kappa shape index (κ3) is 5.33. The summed E-state index contributed by atoms with van der Waals surface area (Å²) in [5.74, 6) is -0.334. The van der Waals surface area contributed by atoms with Crippen molar-refractivity contribution in [1.29, 1.82) is 0 Å². The summed E-state index contributed by atoms with van der Waals surface area (Å²) in [4.78, 5) is 11.0. The number of allylic oxidation sites excluding steroid dienone is 1. The minimum atomic E-state index is -0.686. The first kappa shape index (κ1) is 15.7. The van der Waals surface area contributed by atoms with Crippen molar-refractivity contribution in [3.63, 3.8) is 0 Å². The first-order chi connectivity index (χ1) is 10.1. The molecule has 1 aliphatic heterocycles. The lowest BCUT2D eigenvalue weighted by molar-refractivity contribution is -0.141. The van der Waals surface area contributed by atoms with E-state index in [1.807, 2.05) is 36.4 Å². The molecule has 4 nitrogen and oxygen atoms in total. The molecule has 0 bridgehead atoms. The van der Waals surface area contributed by atoms with Crippen LogP contribution in [0.3, 0.4) is 0 Å². The van der Waals surface area contributed by atoms with E-state index in [0.29, 0.717) is 19.3 Å². The molecule has 0 saturated carbocycles. The molecule has 0 radical (unpaired) electrons. The van der Waals surface area contributed by atoms with Crippen molar-refractivity contribution in [2.45, 2.75) is 50.4 Å². The van der Waals surface area contributed by atoms with Crippen LogP contribution in [0.5, 0.6) is 0 Å². The van der Waals surface area contributed by atoms with Crippen LogP contribution in [0.4, 0.5) is 0 Å². The van der Waals surface area contributed by atoms with Crippen molar-refractivity contribution in [2.75, 3.05) is 0 Å². The van der Waals surface area contributed by atoms with Crippen LogP contribution in [-0.4, -0.2) is 34.5 Å². The van der Waals surface area contributed by atoms with Gasteiger partial charge < -0.3 is 14.9 Å². The second-order valence-electron chi connectivity index (χ2n) is 5.40. The maximum Gasteiger partial charge on any atom is 0.308 e. The summed E-state index contributed by atoms with van der Waals surface area (Å²) in [6.07, 6.45) is 4.98. The zero-order valence-corrected chi connectivity index (χ0v) is 12.0. The predicted octanol–water partition coefficient (Wildman–Crippen LogP) is 1.99. The molecule has 21 heavy (non-hydrogen) atoms. The van der Waals surface area contributed by atoms with E-state index in [4.69, 9.17) is 4.74 Å². The number of carbonyl (C=O) groups excluding carboxylic acids is 1. The van der Waals surface area contributed by atoms with Gasteiger partial charge in [0, 0.05) is 0 Å². The number of esters is 1. The van der Waals surface area contributed by atoms with Gasteiger partial charge in [-0.1, -0.05) is 42.5 Å². The molecule has 1 saturated heterocycles. The number of benzene rings is 1. The molecule has 1 aliphatic rings. The monoisotopic (exact) mass is 290 g/mol. The predicted molar refractivity (Wildman–Crippen MR) is 79.6 cm³/mol. The van der Waals surface area contributed by atoms with Crippen LogP contribution in [0.15, 0.2) is 42.5 Å². The third-order valence-corrected chi connectivity index (χ3v) is 3.64. The number of cyclic esters (lactones) is 1. The first-order valence-electron chi connectivity index (χ1n) is 7.41. The Hall–Kier alpha value is -1.65. The van der Waals surface area contributed by atoms with Gasteiger partial charge in [-0.15, -0.1) is 0 Å². The average molecular weight is 290 g/mol. The average Bonchev–Trinajstić information content (AvgIpc) is 2.80. The van der Waals surface area contributed by atoms with Crippen LogP contribution < -0.4 is 0 Å². The highest BCUT2D eigenvalue weighted by molar-refractivity contribution is 5.72. The summed E-state index contributed by atoms with van der Waals surface area (Å²) in [5.41, 5.74) is 1.21. The maximum absolute atomic E-state index is 11.0. The first-order valence-corrected chi connectivity index (χ1v) is 7.41. The lowest BCUT2D eigenvalue weighted by Crippen LogP contribution is -2.20. The molecule has 2 rings (SSSR count). The summed E-state index contributed by atoms with van der Waals surface area (Å²) >= 11 is 0. The van der Waals surface area contributed by atoms with Gasteiger partial charge in [0.1, 0.15) is 12.2 Å². The van der Waals surface area contributed by atoms with E-state index >= 15 is 0 Å². The van der Waals surface area contributed by atoms with Gasteiger partial charge in [-0.05, 0) is 31.2 Å². The molecule has 0 unspecified atom stereocenters. The number of carbonyl (C=O) groups is 1. The summed E-state index contributed by atoms with van der Waals surface area (Å²) in [6, 6.07) is 10.1. The minimum absolute atomic E-state index is 0.0914. The Labute approximate surface area is 125 Å². The Bertz CT molecular complexity index is 469. The third-order valence-electron chi connectivity index (χ3n) is 3.64. The van der Waals surface area contributed by atoms with Crippen molar-refractivity contribution in [3.05, 3.63) is 48.0 Å². The normalized spacial score (nSPS) is 23.4. The zero-order valence-electron chi connectivity index (χ0n) is 12.0. The SMILES string of the molecule is O=C1C[C@H](O)[C@H](CC/C=C/[C@@H](O)CCc2ccccc2)O1. The Morgan fingerprint density at radius 1 is 1.33 bits per heavy atom. The van der Waals surface area contributed by atoms with Gasteiger partial charge in [-0.3, -0.25) is 4.79 Å². The molecule has 0 aromatic heterocycles. The molecule has 4 heteroatoms. The van der Waals surface area contributed by atoms with Gasteiger partial charge in [0.05, 0.1) is 12.5 Å². The molecule has 0 aliphatic carbocycles. The van der Waals surface area contributed by atoms with E-state index in [-0.39, 0.29) is 12.4 Å². The lowest BCUT2D eigenvalue weighted by Gasteiger charge is -2.11. The summed E-state index contributed by atoms with van der Waals surface area (Å²) in [5, 5.41) is 19.4. The molecular formula is C17H22O4. The standard InChI is InChI=1S/C17H22O4/c18-14(11-10-13-6-2-1-3-7-13)8-4-5-9-16-15(19)12-17(20)21-16/h1-4,6-8,14-16,18-19H,5,9-12H2/b8-4+/t14-,15+,16+/m1/s1. The van der Waals surface area contributed by atoms with Crippen molar-refractivity contribution < 1.29 is 19.7 Å². The molecule has 114 valence electrons. The summed E-state index contributed by atoms with van der Waals surface area (Å²) in [7, 11) is 0. The van der Waals surface area contributed by atoms with E-state index in [2.05, 4.69) is 0 Å². The second kappa shape index (κ2) is 7.96. The van der Waals surface area contributed by atoms with E-state index < -0.39 is 18.3 Å². The molecule has 2 N–H and O–H groups in total. The van der Waals surface area contributed by atoms with Crippen LogP contribution in [0, 0.1) is 0 Å². The van der Waals surface area contributed by atoms with E-state index in [9.17, 15) is 15.0 Å². The van der Waals surface area contributed by atoms with Crippen LogP contribution in [0.1, 0.15) is 31.2 Å². The zero-order chi connectivity index (χ0) is 15.1. The van der Waals surface area contributed by atoms with Gasteiger partial charge in [0.15, 0.2) is 0 Å². The fourth-order valence-corrected chi connectivity index (χ4v) is 2.42. The number of rotatable bonds is 7. The fourth-order valence-electron chi connectivity index (χ4n) is 2.42. The number of aliphatic hydroxyl groups is 2. The molecular weight excluding hydrogens is 268 g/mol. The highest BCUT2D eigenvalue weighted by Crippen LogP contribution is 2.19. The van der Waals surface area contributed by atoms with Crippen molar-refractivity contribution in [1.82, 2.24) is 0 Å². The van der Waals surface area contributed by atoms with Gasteiger partial charge >= 0.3 is 5.97 Å². The van der Waals surface area contributed by atoms with E-state index in [1.54, 1.807) is 6.08 Å². The molecule has 1 heterocycles. The molecule has 1 aromatic carbocycles. The topological polar surface area (TPSA) is 66.8 Å². The maximum atomic E-state index is 11.0. The quantitative estimate of drug-likeness (QED) is 0.595. The number of hydrogen-bond donors (Lipinski definition) is 2. The van der Waals surface area contributed by atoms with E-state index in [0.717, 1.165) is 6.42 Å². The lowest BCUT2D eigenvalue weighted by atomic mass is 10.1. The van der Waals surface area contributed by atoms with Crippen LogP contribution in [0.25, 0.3) is 0 Å². The Balaban J connectivity index is 1.63. The molecule has 0 amide bonds. The van der Waals surface area contributed by atoms with Gasteiger partial charge in [-0.2, -0.15) is 0 Å². The number of aryl methyl sites for hydroxylation is 1. The molecule has 0 spiro atoms. The number of hydrogen-bond acceptors (Lipinski definition) is 4. The summed E-state index contributed by atoms with van der Waals surface area (Å²) in [6.45, 7) is 0. The minimum Gasteiger partial charge on any atom is -0.460 e.